The van der Waals surface area contributed by atoms with Crippen LogP contribution in [0.2, 0.25) is 0 Å². The molecule has 26 heavy (non-hydrogen) atoms. The maximum Gasteiger partial charge on any atom is 0.144 e. The number of rotatable bonds is 4. The highest BCUT2D eigenvalue weighted by Crippen LogP contribution is 2.36. The summed E-state index contributed by atoms with van der Waals surface area (Å²) in [6.07, 6.45) is 0. The van der Waals surface area contributed by atoms with Crippen LogP contribution in [0.25, 0.3) is 20.8 Å². The van der Waals surface area contributed by atoms with Crippen molar-refractivity contribution >= 4 is 44.4 Å². The summed E-state index contributed by atoms with van der Waals surface area (Å²) in [6.45, 7) is 0. The lowest BCUT2D eigenvalue weighted by Gasteiger charge is -2.12. The molecule has 4 aromatic rings. The highest BCUT2D eigenvalue weighted by molar-refractivity contribution is 7.81. The number of nitrogens with zero attached hydrogens (tertiary/aromatic N) is 1. The summed E-state index contributed by atoms with van der Waals surface area (Å²) in [7, 11) is 1.66. The van der Waals surface area contributed by atoms with Crippen LogP contribution in [-0.4, -0.2) is 17.1 Å². The molecule has 128 valence electrons. The first-order valence-corrected chi connectivity index (χ1v) is 9.37. The topological polar surface area (TPSA) is 34.1 Å². The van der Waals surface area contributed by atoms with E-state index in [1.807, 2.05) is 60.7 Å². The molecule has 5 heteroatoms. The molecule has 3 aromatic carbocycles. The summed E-state index contributed by atoms with van der Waals surface area (Å²) in [4.78, 5) is 5.41. The molecule has 0 saturated heterocycles. The molecule has 4 rings (SSSR count). The van der Waals surface area contributed by atoms with Crippen LogP contribution in [0.4, 0.5) is 5.69 Å². The standard InChI is InChI=1S/C21H16N2OS2/c1-24-18-12-17-19(26-21(23-17)15-10-6-3-7-11-15)13-16(18)22-20(25)14-8-4-2-5-9-14/h2-13H,1H3,(H,22,25). The van der Waals surface area contributed by atoms with Crippen LogP contribution in [0.3, 0.4) is 0 Å². The third-order valence-corrected chi connectivity index (χ3v) is 5.42. The first-order chi connectivity index (χ1) is 12.7. The van der Waals surface area contributed by atoms with Crippen molar-refractivity contribution < 1.29 is 4.74 Å². The van der Waals surface area contributed by atoms with Crippen molar-refractivity contribution in [1.29, 1.82) is 0 Å². The van der Waals surface area contributed by atoms with Gasteiger partial charge in [-0.15, -0.1) is 11.3 Å². The van der Waals surface area contributed by atoms with Gasteiger partial charge in [-0.25, -0.2) is 4.98 Å². The van der Waals surface area contributed by atoms with Gasteiger partial charge < -0.3 is 10.1 Å². The molecular formula is C21H16N2OS2. The number of ether oxygens (including phenoxy) is 1. The number of hydrogen-bond donors (Lipinski definition) is 1. The number of aromatic nitrogens is 1. The Balaban J connectivity index is 1.71. The molecule has 0 saturated carbocycles. The number of methoxy groups -OCH3 is 1. The Morgan fingerprint density at radius 2 is 1.69 bits per heavy atom. The summed E-state index contributed by atoms with van der Waals surface area (Å²) in [5.41, 5.74) is 3.85. The number of hydrogen-bond acceptors (Lipinski definition) is 4. The van der Waals surface area contributed by atoms with Gasteiger partial charge >= 0.3 is 0 Å². The maximum atomic E-state index is 5.55. The second kappa shape index (κ2) is 7.23. The van der Waals surface area contributed by atoms with Crippen LogP contribution in [0.15, 0.2) is 72.8 Å². The molecule has 0 fully saturated rings. The van der Waals surface area contributed by atoms with Gasteiger partial charge in [0.05, 0.1) is 23.0 Å². The molecule has 0 aliphatic carbocycles. The fourth-order valence-corrected chi connectivity index (χ4v) is 3.95. The first kappa shape index (κ1) is 16.7. The number of nitrogens with one attached hydrogen (secondary N) is 1. The van der Waals surface area contributed by atoms with Crippen molar-refractivity contribution in [2.45, 2.75) is 0 Å². The zero-order valence-electron chi connectivity index (χ0n) is 14.1. The molecule has 0 bridgehead atoms. The molecular weight excluding hydrogens is 360 g/mol. The lowest BCUT2D eigenvalue weighted by Crippen LogP contribution is -2.11. The Kier molecular flexibility index (Phi) is 4.65. The van der Waals surface area contributed by atoms with E-state index >= 15 is 0 Å². The fourth-order valence-electron chi connectivity index (χ4n) is 2.71. The molecule has 0 spiro atoms. The van der Waals surface area contributed by atoms with Crippen LogP contribution < -0.4 is 10.1 Å². The van der Waals surface area contributed by atoms with Crippen LogP contribution in [0, 0.1) is 0 Å². The molecule has 0 aliphatic heterocycles. The lowest BCUT2D eigenvalue weighted by molar-refractivity contribution is 0.417. The Morgan fingerprint density at radius 3 is 2.38 bits per heavy atom. The highest BCUT2D eigenvalue weighted by atomic mass is 32.1. The molecule has 0 aliphatic rings. The van der Waals surface area contributed by atoms with Gasteiger partial charge in [-0.05, 0) is 6.07 Å². The third kappa shape index (κ3) is 3.31. The van der Waals surface area contributed by atoms with Crippen molar-refractivity contribution in [2.24, 2.45) is 0 Å². The van der Waals surface area contributed by atoms with Crippen molar-refractivity contribution in [3.8, 4) is 16.3 Å². The summed E-state index contributed by atoms with van der Waals surface area (Å²) >= 11 is 7.19. The van der Waals surface area contributed by atoms with E-state index in [9.17, 15) is 0 Å². The van der Waals surface area contributed by atoms with Crippen molar-refractivity contribution in [1.82, 2.24) is 4.98 Å². The quantitative estimate of drug-likeness (QED) is 0.459. The van der Waals surface area contributed by atoms with Gasteiger partial charge in [-0.2, -0.15) is 0 Å². The second-order valence-corrected chi connectivity index (χ2v) is 7.16. The molecule has 0 unspecified atom stereocenters. The van der Waals surface area contributed by atoms with Gasteiger partial charge in [0.25, 0.3) is 0 Å². The average molecular weight is 377 g/mol. The number of thiocarbonyl (C=S) groups is 1. The Bertz CT molecular complexity index is 1060. The SMILES string of the molecule is COc1cc2nc(-c3ccccc3)sc2cc1NC(=S)c1ccccc1. The number of benzene rings is 3. The number of anilines is 1. The zero-order valence-corrected chi connectivity index (χ0v) is 15.7. The van der Waals surface area contributed by atoms with E-state index in [4.69, 9.17) is 21.9 Å². The van der Waals surface area contributed by atoms with Crippen molar-refractivity contribution in [3.05, 3.63) is 78.4 Å². The Labute approximate surface area is 161 Å². The molecule has 0 radical (unpaired) electrons. The maximum absolute atomic E-state index is 5.55. The zero-order chi connectivity index (χ0) is 17.9. The summed E-state index contributed by atoms with van der Waals surface area (Å²) in [5.74, 6) is 0.723. The van der Waals surface area contributed by atoms with Crippen LogP contribution in [0.5, 0.6) is 5.75 Å². The van der Waals surface area contributed by atoms with Gasteiger partial charge in [0, 0.05) is 17.2 Å². The molecule has 1 aromatic heterocycles. The predicted octanol–water partition coefficient (Wildman–Crippen LogP) is 5.76. The van der Waals surface area contributed by atoms with Gasteiger partial charge in [0.1, 0.15) is 15.7 Å². The molecule has 0 atom stereocenters. The van der Waals surface area contributed by atoms with Gasteiger partial charge in [-0.1, -0.05) is 72.9 Å². The van der Waals surface area contributed by atoms with Gasteiger partial charge in [-0.3, -0.25) is 0 Å². The first-order valence-electron chi connectivity index (χ1n) is 8.15. The highest BCUT2D eigenvalue weighted by Gasteiger charge is 2.12. The predicted molar refractivity (Wildman–Crippen MR) is 113 cm³/mol. The monoisotopic (exact) mass is 376 g/mol. The third-order valence-electron chi connectivity index (χ3n) is 4.01. The number of thiazole rings is 1. The minimum Gasteiger partial charge on any atom is -0.494 e. The smallest absolute Gasteiger partial charge is 0.144 e. The van der Waals surface area contributed by atoms with Gasteiger partial charge in [0.15, 0.2) is 0 Å². The van der Waals surface area contributed by atoms with E-state index in [0.717, 1.165) is 37.8 Å². The minimum absolute atomic E-state index is 0.663. The normalized spacial score (nSPS) is 10.7. The van der Waals surface area contributed by atoms with E-state index < -0.39 is 0 Å². The van der Waals surface area contributed by atoms with Crippen LogP contribution in [-0.2, 0) is 0 Å². The van der Waals surface area contributed by atoms with Crippen molar-refractivity contribution in [3.63, 3.8) is 0 Å². The van der Waals surface area contributed by atoms with Crippen molar-refractivity contribution in [2.75, 3.05) is 12.4 Å². The van der Waals surface area contributed by atoms with E-state index in [1.54, 1.807) is 18.4 Å². The molecule has 1 heterocycles. The Hall–Kier alpha value is -2.76. The molecule has 3 nitrogen and oxygen atoms in total. The summed E-state index contributed by atoms with van der Waals surface area (Å²) in [6, 6.07) is 24.1. The lowest BCUT2D eigenvalue weighted by atomic mass is 10.2. The van der Waals surface area contributed by atoms with E-state index in [1.165, 1.54) is 0 Å². The largest absolute Gasteiger partial charge is 0.494 e. The summed E-state index contributed by atoms with van der Waals surface area (Å²) in [5, 5.41) is 4.30. The van der Waals surface area contributed by atoms with Crippen LogP contribution >= 0.6 is 23.6 Å². The molecule has 0 amide bonds. The Morgan fingerprint density at radius 1 is 1.00 bits per heavy atom. The van der Waals surface area contributed by atoms with Gasteiger partial charge in [0.2, 0.25) is 0 Å². The van der Waals surface area contributed by atoms with Crippen LogP contribution in [0.1, 0.15) is 5.56 Å². The second-order valence-electron chi connectivity index (χ2n) is 5.73. The minimum atomic E-state index is 0.663. The average Bonchev–Trinajstić information content (AvgIpc) is 3.11. The van der Waals surface area contributed by atoms with E-state index in [0.29, 0.717) is 4.99 Å². The van der Waals surface area contributed by atoms with E-state index in [-0.39, 0.29) is 0 Å². The molecule has 1 N–H and O–H groups in total. The number of fused-ring (bicyclic) bond motifs is 1. The fraction of sp³-hybridized carbons (Fsp3) is 0.0476. The van der Waals surface area contributed by atoms with E-state index in [2.05, 4.69) is 17.4 Å². The summed E-state index contributed by atoms with van der Waals surface area (Å²) < 4.78 is 6.63.